The Hall–Kier alpha value is 1.38. The van der Waals surface area contributed by atoms with Gasteiger partial charge >= 0.3 is 59.1 Å². The SMILES string of the molecule is CCCCCCCC/C=C\CCCCCCCC(=O)C[C@H](O)CC(F)(F)P(=O)([O-])[O-].[Na+].[Na+]. The average molecular weight is 498 g/mol. The number of hydrogen-bond acceptors (Lipinski definition) is 5. The first-order valence-corrected chi connectivity index (χ1v) is 12.9. The number of alkyl halides is 2. The van der Waals surface area contributed by atoms with E-state index in [0.29, 0.717) is 6.42 Å². The minimum atomic E-state index is -6.13. The number of hydrogen-bond donors (Lipinski definition) is 1. The molecule has 5 nitrogen and oxygen atoms in total. The number of aliphatic hydroxyl groups excluding tert-OH is 1. The Kier molecular flexibility index (Phi) is 27.0. The summed E-state index contributed by atoms with van der Waals surface area (Å²) in [6, 6.07) is 0. The summed E-state index contributed by atoms with van der Waals surface area (Å²) in [4.78, 5) is 32.5. The molecule has 0 saturated carbocycles. The molecule has 10 heteroatoms. The molecule has 0 aliphatic rings. The molecular weight excluding hydrogens is 459 g/mol. The Balaban J connectivity index is -0.00000420. The minimum absolute atomic E-state index is 0. The van der Waals surface area contributed by atoms with Crippen molar-refractivity contribution in [3.8, 4) is 0 Å². The molecule has 0 aromatic heterocycles. The van der Waals surface area contributed by atoms with Crippen molar-refractivity contribution in [2.75, 3.05) is 0 Å². The summed E-state index contributed by atoms with van der Waals surface area (Å²) < 4.78 is 36.6. The molecular formula is C22H39F2Na2O5P. The number of aliphatic hydroxyl groups is 1. The molecule has 0 aliphatic carbocycles. The molecule has 0 saturated heterocycles. The molecule has 0 fully saturated rings. The van der Waals surface area contributed by atoms with Crippen LogP contribution in [-0.2, 0) is 9.36 Å². The topological polar surface area (TPSA) is 100 Å². The molecule has 1 atom stereocenters. The van der Waals surface area contributed by atoms with Crippen LogP contribution in [-0.4, -0.2) is 22.7 Å². The first kappa shape index (κ1) is 37.9. The Morgan fingerprint density at radius 1 is 0.906 bits per heavy atom. The molecule has 178 valence electrons. The number of carbonyl (C=O) groups excluding carboxylic acids is 1. The fourth-order valence-corrected chi connectivity index (χ4v) is 3.66. The zero-order valence-electron chi connectivity index (χ0n) is 20.3. The summed E-state index contributed by atoms with van der Waals surface area (Å²) in [5.41, 5.74) is -4.53. The van der Waals surface area contributed by atoms with Crippen LogP contribution in [0.1, 0.15) is 110 Å². The van der Waals surface area contributed by atoms with E-state index >= 15 is 0 Å². The van der Waals surface area contributed by atoms with E-state index in [2.05, 4.69) is 19.1 Å². The Labute approximate surface area is 237 Å². The number of ketones is 1. The van der Waals surface area contributed by atoms with Crippen molar-refractivity contribution in [2.45, 2.75) is 121 Å². The van der Waals surface area contributed by atoms with Crippen molar-refractivity contribution in [1.29, 1.82) is 0 Å². The maximum atomic E-state index is 13.1. The van der Waals surface area contributed by atoms with Gasteiger partial charge in [0.25, 0.3) is 5.66 Å². The summed E-state index contributed by atoms with van der Waals surface area (Å²) in [6.07, 6.45) is 15.4. The standard InChI is InChI=1S/C22H41F2O5P.2Na/c1-2-3-4-5-6-7-8-9-10-11-12-13-14-15-16-17-20(25)18-21(26)19-22(23,24)30(27,28)29;;/h9-10,21,26H,2-8,11-19H2,1H3,(H2,27,28,29);;/q;2*+1/p-2/b10-9-;;/t21-;;/m0../s1. The van der Waals surface area contributed by atoms with Crippen LogP contribution in [0, 0.1) is 0 Å². The summed E-state index contributed by atoms with van der Waals surface area (Å²) in [7, 11) is -6.13. The molecule has 0 radical (unpaired) electrons. The predicted molar refractivity (Wildman–Crippen MR) is 112 cm³/mol. The second-order valence-electron chi connectivity index (χ2n) is 8.10. The fourth-order valence-electron chi connectivity index (χ4n) is 3.23. The van der Waals surface area contributed by atoms with Crippen LogP contribution in [0.2, 0.25) is 0 Å². The van der Waals surface area contributed by atoms with Crippen LogP contribution >= 0.6 is 7.60 Å². The molecule has 0 heterocycles. The van der Waals surface area contributed by atoms with Gasteiger partial charge in [-0.3, -0.25) is 4.79 Å². The van der Waals surface area contributed by atoms with Crippen molar-refractivity contribution < 1.29 is 92.1 Å². The van der Waals surface area contributed by atoms with Crippen LogP contribution in [0.25, 0.3) is 0 Å². The van der Waals surface area contributed by atoms with Crippen LogP contribution in [0.15, 0.2) is 12.2 Å². The Morgan fingerprint density at radius 3 is 1.81 bits per heavy atom. The van der Waals surface area contributed by atoms with Crippen LogP contribution in [0.5, 0.6) is 0 Å². The van der Waals surface area contributed by atoms with Crippen LogP contribution < -0.4 is 68.9 Å². The van der Waals surface area contributed by atoms with Crippen molar-refractivity contribution in [3.05, 3.63) is 12.2 Å². The van der Waals surface area contributed by atoms with Gasteiger partial charge in [-0.15, -0.1) is 0 Å². The Morgan fingerprint density at radius 2 is 1.34 bits per heavy atom. The Bertz CT molecular complexity index is 530. The minimum Gasteiger partial charge on any atom is -0.807 e. The number of halogens is 2. The van der Waals surface area contributed by atoms with Crippen LogP contribution in [0.3, 0.4) is 0 Å². The average Bonchev–Trinajstić information content (AvgIpc) is 2.63. The van der Waals surface area contributed by atoms with Crippen molar-refractivity contribution in [1.82, 2.24) is 0 Å². The zero-order chi connectivity index (χ0) is 22.9. The third kappa shape index (κ3) is 21.9. The molecule has 32 heavy (non-hydrogen) atoms. The molecule has 0 unspecified atom stereocenters. The van der Waals surface area contributed by atoms with Gasteiger partial charge in [0.2, 0.25) is 0 Å². The van der Waals surface area contributed by atoms with E-state index in [-0.39, 0.29) is 65.5 Å². The molecule has 0 aromatic rings. The van der Waals surface area contributed by atoms with Gasteiger partial charge in [0.15, 0.2) is 0 Å². The third-order valence-electron chi connectivity index (χ3n) is 5.06. The normalized spacial score (nSPS) is 12.9. The van der Waals surface area contributed by atoms with E-state index in [4.69, 9.17) is 0 Å². The zero-order valence-corrected chi connectivity index (χ0v) is 25.2. The summed E-state index contributed by atoms with van der Waals surface area (Å²) in [6.45, 7) is 2.22. The molecule has 0 spiro atoms. The summed E-state index contributed by atoms with van der Waals surface area (Å²) >= 11 is 0. The van der Waals surface area contributed by atoms with Gasteiger partial charge in [0.05, 0.1) is 6.10 Å². The second kappa shape index (κ2) is 22.8. The van der Waals surface area contributed by atoms with Crippen LogP contribution in [0.4, 0.5) is 8.78 Å². The number of unbranched alkanes of at least 4 members (excludes halogenated alkanes) is 11. The first-order chi connectivity index (χ1) is 14.1. The molecule has 0 aromatic carbocycles. The number of allylic oxidation sites excluding steroid dienone is 2. The van der Waals surface area contributed by atoms with Gasteiger partial charge in [-0.1, -0.05) is 70.4 Å². The molecule has 0 amide bonds. The van der Waals surface area contributed by atoms with Gasteiger partial charge in [-0.25, -0.2) is 8.78 Å². The molecule has 0 aliphatic heterocycles. The maximum absolute atomic E-state index is 13.1. The summed E-state index contributed by atoms with van der Waals surface area (Å²) in [5, 5.41) is 9.44. The van der Waals surface area contributed by atoms with E-state index < -0.39 is 38.0 Å². The number of rotatable bonds is 20. The van der Waals surface area contributed by atoms with Crippen molar-refractivity contribution >= 4 is 13.4 Å². The van der Waals surface area contributed by atoms with Gasteiger partial charge in [-0.2, -0.15) is 0 Å². The number of Topliss-reactive ketones (excluding diaryl/α,β-unsaturated/α-hetero) is 1. The van der Waals surface area contributed by atoms with Gasteiger partial charge in [0, 0.05) is 26.9 Å². The van der Waals surface area contributed by atoms with E-state index in [9.17, 15) is 33.0 Å². The molecule has 0 bridgehead atoms. The third-order valence-corrected chi connectivity index (χ3v) is 6.05. The van der Waals surface area contributed by atoms with E-state index in [1.165, 1.54) is 38.5 Å². The molecule has 1 N–H and O–H groups in total. The first-order valence-electron chi connectivity index (χ1n) is 11.3. The van der Waals surface area contributed by atoms with Crippen molar-refractivity contribution in [3.63, 3.8) is 0 Å². The van der Waals surface area contributed by atoms with Gasteiger partial charge in [0.1, 0.15) is 5.78 Å². The smallest absolute Gasteiger partial charge is 0.807 e. The predicted octanol–water partition coefficient (Wildman–Crippen LogP) is -0.751. The quantitative estimate of drug-likeness (QED) is 0.103. The largest absolute Gasteiger partial charge is 1.00 e. The van der Waals surface area contributed by atoms with Gasteiger partial charge in [-0.05, 0) is 32.1 Å². The fraction of sp³-hybridized carbons (Fsp3) is 0.864. The van der Waals surface area contributed by atoms with E-state index in [1.807, 2.05) is 0 Å². The summed E-state index contributed by atoms with van der Waals surface area (Å²) in [5.74, 6) is -0.400. The van der Waals surface area contributed by atoms with Crippen molar-refractivity contribution in [2.24, 2.45) is 0 Å². The second-order valence-corrected chi connectivity index (χ2v) is 9.75. The molecule has 0 rings (SSSR count). The van der Waals surface area contributed by atoms with E-state index in [1.54, 1.807) is 0 Å². The monoisotopic (exact) mass is 498 g/mol. The maximum Gasteiger partial charge on any atom is 1.00 e. The van der Waals surface area contributed by atoms with Gasteiger partial charge < -0.3 is 19.5 Å². The van der Waals surface area contributed by atoms with E-state index in [0.717, 1.165) is 38.5 Å². The number of carbonyl (C=O) groups is 1.